The number of methoxy groups -OCH3 is 1. The van der Waals surface area contributed by atoms with Crippen molar-refractivity contribution in [3.05, 3.63) is 53.3 Å². The van der Waals surface area contributed by atoms with Crippen LogP contribution in [0.5, 0.6) is 17.2 Å². The van der Waals surface area contributed by atoms with Crippen molar-refractivity contribution in [1.29, 1.82) is 0 Å². The summed E-state index contributed by atoms with van der Waals surface area (Å²) in [6.07, 6.45) is 0.244. The zero-order valence-corrected chi connectivity index (χ0v) is 20.8. The number of hydrogen-bond acceptors (Lipinski definition) is 6. The van der Waals surface area contributed by atoms with Crippen LogP contribution in [0, 0.1) is 11.7 Å². The van der Waals surface area contributed by atoms with Crippen LogP contribution in [0.25, 0.3) is 0 Å². The molecule has 8 heteroatoms. The molecule has 1 fully saturated rings. The molecule has 1 saturated heterocycles. The molecule has 4 rings (SSSR count). The molecule has 35 heavy (non-hydrogen) atoms. The lowest BCUT2D eigenvalue weighted by atomic mass is 10.1. The molecule has 0 unspecified atom stereocenters. The van der Waals surface area contributed by atoms with Gasteiger partial charge in [-0.3, -0.25) is 9.69 Å². The predicted octanol–water partition coefficient (Wildman–Crippen LogP) is 3.88. The maximum atomic E-state index is 14.4. The summed E-state index contributed by atoms with van der Waals surface area (Å²) in [5.74, 6) is 2.03. The van der Waals surface area contributed by atoms with E-state index in [1.165, 1.54) is 6.07 Å². The van der Waals surface area contributed by atoms with Gasteiger partial charge in [0, 0.05) is 44.7 Å². The summed E-state index contributed by atoms with van der Waals surface area (Å²) >= 11 is 0. The predicted molar refractivity (Wildman–Crippen MR) is 130 cm³/mol. The molecule has 0 saturated carbocycles. The Morgan fingerprint density at radius 3 is 2.71 bits per heavy atom. The van der Waals surface area contributed by atoms with Crippen molar-refractivity contribution in [3.63, 3.8) is 0 Å². The third kappa shape index (κ3) is 6.64. The van der Waals surface area contributed by atoms with Gasteiger partial charge in [0.1, 0.15) is 17.7 Å². The quantitative estimate of drug-likeness (QED) is 0.565. The van der Waals surface area contributed by atoms with Crippen molar-refractivity contribution in [2.45, 2.75) is 39.5 Å². The number of morpholine rings is 1. The van der Waals surface area contributed by atoms with Crippen molar-refractivity contribution in [2.75, 3.05) is 46.6 Å². The number of hydrogen-bond donors (Lipinski definition) is 0. The first-order chi connectivity index (χ1) is 16.9. The Kier molecular flexibility index (Phi) is 8.46. The highest BCUT2D eigenvalue weighted by molar-refractivity contribution is 5.81. The third-order valence-corrected chi connectivity index (χ3v) is 6.16. The largest absolute Gasteiger partial charge is 0.497 e. The molecule has 0 N–H and O–H groups in total. The van der Waals surface area contributed by atoms with Gasteiger partial charge in [-0.05, 0) is 41.8 Å². The normalized spacial score (nSPS) is 18.3. The van der Waals surface area contributed by atoms with Gasteiger partial charge in [-0.2, -0.15) is 0 Å². The number of nitrogens with zero attached hydrogens (tertiary/aromatic N) is 2. The molecule has 1 atom stereocenters. The van der Waals surface area contributed by atoms with Crippen LogP contribution in [0.1, 0.15) is 31.4 Å². The van der Waals surface area contributed by atoms with Gasteiger partial charge in [-0.15, -0.1) is 0 Å². The molecular formula is C27H35FN2O5. The Morgan fingerprint density at radius 1 is 1.14 bits per heavy atom. The molecule has 2 aliphatic rings. The summed E-state index contributed by atoms with van der Waals surface area (Å²) in [6, 6.07) is 10.6. The molecule has 7 nitrogen and oxygen atoms in total. The van der Waals surface area contributed by atoms with E-state index in [4.69, 9.17) is 18.9 Å². The minimum atomic E-state index is -0.600. The second-order valence-electron chi connectivity index (χ2n) is 9.50. The summed E-state index contributed by atoms with van der Waals surface area (Å²) in [4.78, 5) is 17.5. The Balaban J connectivity index is 1.45. The fraction of sp³-hybridized carbons (Fsp3) is 0.519. The first-order valence-electron chi connectivity index (χ1n) is 12.3. The van der Waals surface area contributed by atoms with E-state index in [-0.39, 0.29) is 11.7 Å². The molecule has 2 heterocycles. The topological polar surface area (TPSA) is 60.5 Å². The lowest BCUT2D eigenvalue weighted by Gasteiger charge is -2.35. The fourth-order valence-corrected chi connectivity index (χ4v) is 4.44. The van der Waals surface area contributed by atoms with E-state index >= 15 is 0 Å². The van der Waals surface area contributed by atoms with Gasteiger partial charge < -0.3 is 23.8 Å². The number of carbonyl (C=O) groups is 1. The summed E-state index contributed by atoms with van der Waals surface area (Å²) in [5, 5.41) is 0. The summed E-state index contributed by atoms with van der Waals surface area (Å²) in [7, 11) is 1.56. The molecule has 0 radical (unpaired) electrons. The molecule has 2 aromatic carbocycles. The maximum absolute atomic E-state index is 14.4. The van der Waals surface area contributed by atoms with Gasteiger partial charge in [0.2, 0.25) is 0 Å². The minimum absolute atomic E-state index is 0.0541. The highest BCUT2D eigenvalue weighted by Crippen LogP contribution is 2.31. The Bertz CT molecular complexity index is 1020. The molecule has 0 aliphatic carbocycles. The molecule has 2 aromatic rings. The van der Waals surface area contributed by atoms with E-state index in [2.05, 4.69) is 18.7 Å². The molecule has 0 bridgehead atoms. The van der Waals surface area contributed by atoms with E-state index in [1.807, 2.05) is 23.1 Å². The van der Waals surface area contributed by atoms with Crippen LogP contribution in [-0.2, 0) is 22.6 Å². The fourth-order valence-electron chi connectivity index (χ4n) is 4.44. The number of ether oxygens (including phenoxy) is 4. The SMILES string of the molecule is COc1ccc(F)c(CN2CCO[C@@H](C(=O)N(Cc3ccc4c(c3)OCCCO4)CC(C)C)C2)c1. The van der Waals surface area contributed by atoms with E-state index in [0.29, 0.717) is 69.8 Å². The zero-order valence-electron chi connectivity index (χ0n) is 20.8. The average molecular weight is 487 g/mol. The van der Waals surface area contributed by atoms with Crippen LogP contribution < -0.4 is 14.2 Å². The van der Waals surface area contributed by atoms with Crippen LogP contribution in [0.3, 0.4) is 0 Å². The van der Waals surface area contributed by atoms with Crippen LogP contribution in [0.15, 0.2) is 36.4 Å². The highest BCUT2D eigenvalue weighted by atomic mass is 19.1. The monoisotopic (exact) mass is 486 g/mol. The zero-order chi connectivity index (χ0) is 24.8. The van der Waals surface area contributed by atoms with Crippen molar-refractivity contribution >= 4 is 5.91 Å². The van der Waals surface area contributed by atoms with E-state index in [1.54, 1.807) is 19.2 Å². The number of benzene rings is 2. The van der Waals surface area contributed by atoms with Crippen molar-refractivity contribution < 1.29 is 28.1 Å². The lowest BCUT2D eigenvalue weighted by molar-refractivity contribution is -0.151. The first-order valence-corrected chi connectivity index (χ1v) is 12.3. The van der Waals surface area contributed by atoms with Gasteiger partial charge in [-0.25, -0.2) is 4.39 Å². The molecule has 190 valence electrons. The van der Waals surface area contributed by atoms with Gasteiger partial charge in [0.15, 0.2) is 11.5 Å². The highest BCUT2D eigenvalue weighted by Gasteiger charge is 2.31. The van der Waals surface area contributed by atoms with Crippen LogP contribution in [0.2, 0.25) is 0 Å². The molecule has 0 aromatic heterocycles. The standard InChI is InChI=1S/C27H35FN2O5/c1-19(2)15-30(16-20-5-8-24-25(13-20)34-11-4-10-33-24)27(31)26-18-29(9-12-35-26)17-21-14-22(32-3)6-7-23(21)28/h5-8,13-14,19,26H,4,9-12,15-18H2,1-3H3/t26-/m1/s1. The third-order valence-electron chi connectivity index (χ3n) is 6.16. The Hall–Kier alpha value is -2.84. The van der Waals surface area contributed by atoms with E-state index < -0.39 is 6.10 Å². The van der Waals surface area contributed by atoms with Crippen LogP contribution in [-0.4, -0.2) is 68.4 Å². The maximum Gasteiger partial charge on any atom is 0.253 e. The molecule has 1 amide bonds. The Labute approximate surface area is 206 Å². The minimum Gasteiger partial charge on any atom is -0.497 e. The van der Waals surface area contributed by atoms with Gasteiger partial charge in [0.25, 0.3) is 5.91 Å². The van der Waals surface area contributed by atoms with E-state index in [9.17, 15) is 9.18 Å². The molecular weight excluding hydrogens is 451 g/mol. The van der Waals surface area contributed by atoms with Crippen molar-refractivity contribution in [2.24, 2.45) is 5.92 Å². The van der Waals surface area contributed by atoms with Crippen molar-refractivity contribution in [3.8, 4) is 17.2 Å². The number of amides is 1. The van der Waals surface area contributed by atoms with Gasteiger partial charge >= 0.3 is 0 Å². The average Bonchev–Trinajstić information content (AvgIpc) is 3.09. The van der Waals surface area contributed by atoms with Crippen LogP contribution in [0.4, 0.5) is 4.39 Å². The number of fused-ring (bicyclic) bond motifs is 1. The Morgan fingerprint density at radius 2 is 1.94 bits per heavy atom. The second kappa shape index (κ2) is 11.7. The number of rotatable bonds is 8. The smallest absolute Gasteiger partial charge is 0.253 e. The second-order valence-corrected chi connectivity index (χ2v) is 9.50. The summed E-state index contributed by atoms with van der Waals surface area (Å²) in [5.41, 5.74) is 1.53. The molecule has 2 aliphatic heterocycles. The van der Waals surface area contributed by atoms with Gasteiger partial charge in [-0.1, -0.05) is 19.9 Å². The van der Waals surface area contributed by atoms with Gasteiger partial charge in [0.05, 0.1) is 26.9 Å². The number of carbonyl (C=O) groups excluding carboxylic acids is 1. The molecule has 0 spiro atoms. The summed E-state index contributed by atoms with van der Waals surface area (Å²) in [6.45, 7) is 8.35. The van der Waals surface area contributed by atoms with Crippen LogP contribution >= 0.6 is 0 Å². The first kappa shape index (κ1) is 25.3. The van der Waals surface area contributed by atoms with E-state index in [0.717, 1.165) is 23.5 Å². The lowest BCUT2D eigenvalue weighted by Crippen LogP contribution is -2.51. The van der Waals surface area contributed by atoms with Crippen molar-refractivity contribution in [1.82, 2.24) is 9.80 Å². The summed E-state index contributed by atoms with van der Waals surface area (Å²) < 4.78 is 37.1. The number of halogens is 1.